The van der Waals surface area contributed by atoms with Crippen molar-refractivity contribution in [1.82, 2.24) is 9.97 Å². The fraction of sp³-hybridized carbons (Fsp3) is 0.333. The van der Waals surface area contributed by atoms with Crippen LogP contribution in [0.15, 0.2) is 18.7 Å². The topological polar surface area (TPSA) is 92.2 Å². The van der Waals surface area contributed by atoms with E-state index in [1.54, 1.807) is 0 Å². The molecule has 0 aromatic carbocycles. The number of aliphatic carboxylic acids is 1. The molecule has 1 aromatic heterocycles. The maximum absolute atomic E-state index is 11.5. The second kappa shape index (κ2) is 3.64. The van der Waals surface area contributed by atoms with Crippen molar-refractivity contribution in [1.29, 1.82) is 0 Å². The monoisotopic (exact) mass is 207 g/mol. The molecule has 2 rings (SSSR count). The summed E-state index contributed by atoms with van der Waals surface area (Å²) in [6, 6.07) is 0. The van der Waals surface area contributed by atoms with Gasteiger partial charge >= 0.3 is 5.97 Å². The molecule has 1 aromatic rings. The van der Waals surface area contributed by atoms with Gasteiger partial charge in [-0.3, -0.25) is 9.59 Å². The largest absolute Gasteiger partial charge is 0.481 e. The standard InChI is InChI=1S/C9H9N3O3/c13-8(6-1-7(6)9(14)15)12-5-2-10-4-11-3-5/h2-4,6-7H,1H2,(H,12,13)(H,14,15)/t6-,7+/m0/s1. The number of carbonyl (C=O) groups is 2. The second-order valence-electron chi connectivity index (χ2n) is 3.40. The molecule has 78 valence electrons. The van der Waals surface area contributed by atoms with E-state index in [1.165, 1.54) is 18.7 Å². The first-order chi connectivity index (χ1) is 7.18. The van der Waals surface area contributed by atoms with Gasteiger partial charge in [0.1, 0.15) is 6.33 Å². The Bertz CT molecular complexity index is 393. The molecular weight excluding hydrogens is 198 g/mol. The van der Waals surface area contributed by atoms with E-state index in [-0.39, 0.29) is 5.91 Å². The van der Waals surface area contributed by atoms with Crippen LogP contribution in [0.2, 0.25) is 0 Å². The molecule has 0 spiro atoms. The molecule has 6 heteroatoms. The Morgan fingerprint density at radius 1 is 1.33 bits per heavy atom. The third-order valence-electron chi connectivity index (χ3n) is 2.27. The number of hydrogen-bond donors (Lipinski definition) is 2. The van der Waals surface area contributed by atoms with Crippen molar-refractivity contribution >= 4 is 17.6 Å². The van der Waals surface area contributed by atoms with E-state index < -0.39 is 17.8 Å². The Hall–Kier alpha value is -1.98. The number of nitrogens with one attached hydrogen (secondary N) is 1. The van der Waals surface area contributed by atoms with Gasteiger partial charge < -0.3 is 10.4 Å². The van der Waals surface area contributed by atoms with E-state index in [0.29, 0.717) is 12.1 Å². The van der Waals surface area contributed by atoms with Gasteiger partial charge in [0.2, 0.25) is 5.91 Å². The molecule has 0 unspecified atom stereocenters. The first-order valence-electron chi connectivity index (χ1n) is 4.47. The predicted molar refractivity (Wildman–Crippen MR) is 49.9 cm³/mol. The summed E-state index contributed by atoms with van der Waals surface area (Å²) in [5, 5.41) is 11.2. The van der Waals surface area contributed by atoms with Gasteiger partial charge in [-0.2, -0.15) is 0 Å². The lowest BCUT2D eigenvalue weighted by molar-refractivity contribution is -0.139. The number of carboxylic acids is 1. The number of nitrogens with zero attached hydrogens (tertiary/aromatic N) is 2. The Balaban J connectivity index is 1.92. The molecule has 0 aliphatic heterocycles. The maximum atomic E-state index is 11.5. The summed E-state index contributed by atoms with van der Waals surface area (Å²) < 4.78 is 0. The minimum Gasteiger partial charge on any atom is -0.481 e. The van der Waals surface area contributed by atoms with Crippen LogP contribution in [0.1, 0.15) is 6.42 Å². The zero-order valence-electron chi connectivity index (χ0n) is 7.75. The SMILES string of the molecule is O=C(Nc1cncnc1)[C@H]1C[C@H]1C(=O)O. The van der Waals surface area contributed by atoms with Gasteiger partial charge in [0.15, 0.2) is 0 Å². The number of carboxylic acid groups (broad SMARTS) is 1. The molecule has 1 aliphatic rings. The zero-order valence-corrected chi connectivity index (χ0v) is 7.75. The maximum Gasteiger partial charge on any atom is 0.307 e. The normalized spacial score (nSPS) is 23.2. The van der Waals surface area contributed by atoms with Crippen molar-refractivity contribution in [3.63, 3.8) is 0 Å². The van der Waals surface area contributed by atoms with E-state index in [2.05, 4.69) is 15.3 Å². The first-order valence-corrected chi connectivity index (χ1v) is 4.47. The molecule has 15 heavy (non-hydrogen) atoms. The molecule has 1 amide bonds. The minimum absolute atomic E-state index is 0.280. The lowest BCUT2D eigenvalue weighted by Gasteiger charge is -2.01. The summed E-state index contributed by atoms with van der Waals surface area (Å²) in [6.07, 6.45) is 4.69. The van der Waals surface area contributed by atoms with Gasteiger partial charge in [-0.15, -0.1) is 0 Å². The molecule has 0 bridgehead atoms. The van der Waals surface area contributed by atoms with Crippen molar-refractivity contribution in [2.75, 3.05) is 5.32 Å². The quantitative estimate of drug-likeness (QED) is 0.735. The highest BCUT2D eigenvalue weighted by Gasteiger charge is 2.48. The lowest BCUT2D eigenvalue weighted by atomic mass is 10.3. The molecule has 1 fully saturated rings. The second-order valence-corrected chi connectivity index (χ2v) is 3.40. The number of aromatic nitrogens is 2. The fourth-order valence-corrected chi connectivity index (χ4v) is 1.36. The van der Waals surface area contributed by atoms with Crippen LogP contribution in [0.4, 0.5) is 5.69 Å². The van der Waals surface area contributed by atoms with Gasteiger partial charge in [0, 0.05) is 0 Å². The van der Waals surface area contributed by atoms with Crippen LogP contribution in [0.5, 0.6) is 0 Å². The van der Waals surface area contributed by atoms with Gasteiger partial charge in [-0.25, -0.2) is 9.97 Å². The summed E-state index contributed by atoms with van der Waals surface area (Å²) in [5.74, 6) is -2.14. The van der Waals surface area contributed by atoms with E-state index in [1.807, 2.05) is 0 Å². The Kier molecular flexibility index (Phi) is 2.32. The summed E-state index contributed by atoms with van der Waals surface area (Å²) in [7, 11) is 0. The third-order valence-corrected chi connectivity index (χ3v) is 2.27. The first kappa shape index (κ1) is 9.57. The van der Waals surface area contributed by atoms with E-state index in [0.717, 1.165) is 0 Å². The number of anilines is 1. The molecule has 6 nitrogen and oxygen atoms in total. The molecule has 0 saturated heterocycles. The molecule has 0 radical (unpaired) electrons. The molecule has 1 saturated carbocycles. The van der Waals surface area contributed by atoms with Crippen molar-refractivity contribution in [3.8, 4) is 0 Å². The molecule has 2 N–H and O–H groups in total. The van der Waals surface area contributed by atoms with E-state index in [4.69, 9.17) is 5.11 Å². The van der Waals surface area contributed by atoms with Crippen molar-refractivity contribution < 1.29 is 14.7 Å². The van der Waals surface area contributed by atoms with Crippen LogP contribution in [0.25, 0.3) is 0 Å². The van der Waals surface area contributed by atoms with Crippen molar-refractivity contribution in [2.45, 2.75) is 6.42 Å². The third kappa shape index (κ3) is 2.09. The smallest absolute Gasteiger partial charge is 0.307 e. The van der Waals surface area contributed by atoms with Crippen LogP contribution in [-0.4, -0.2) is 27.0 Å². The molecular formula is C9H9N3O3. The minimum atomic E-state index is -0.917. The molecule has 1 heterocycles. The van der Waals surface area contributed by atoms with Gasteiger partial charge in [-0.05, 0) is 6.42 Å². The molecule has 2 atom stereocenters. The van der Waals surface area contributed by atoms with Crippen LogP contribution in [0.3, 0.4) is 0 Å². The summed E-state index contributed by atoms with van der Waals surface area (Å²) in [4.78, 5) is 29.4. The van der Waals surface area contributed by atoms with Crippen molar-refractivity contribution in [3.05, 3.63) is 18.7 Å². The Morgan fingerprint density at radius 3 is 2.53 bits per heavy atom. The van der Waals surface area contributed by atoms with Crippen molar-refractivity contribution in [2.24, 2.45) is 11.8 Å². The van der Waals surface area contributed by atoms with E-state index >= 15 is 0 Å². The number of amides is 1. The predicted octanol–water partition coefficient (Wildman–Crippen LogP) is 0.136. The fourth-order valence-electron chi connectivity index (χ4n) is 1.36. The van der Waals surface area contributed by atoms with Crippen LogP contribution in [-0.2, 0) is 9.59 Å². The number of hydrogen-bond acceptors (Lipinski definition) is 4. The van der Waals surface area contributed by atoms with Gasteiger partial charge in [0.25, 0.3) is 0 Å². The zero-order chi connectivity index (χ0) is 10.8. The molecule has 1 aliphatic carbocycles. The van der Waals surface area contributed by atoms with Gasteiger partial charge in [-0.1, -0.05) is 0 Å². The average Bonchev–Trinajstić information content (AvgIpc) is 2.98. The number of rotatable bonds is 3. The summed E-state index contributed by atoms with van der Waals surface area (Å²) in [6.45, 7) is 0. The number of carbonyl (C=O) groups excluding carboxylic acids is 1. The Morgan fingerprint density at radius 2 is 2.00 bits per heavy atom. The van der Waals surface area contributed by atoms with Crippen LogP contribution < -0.4 is 5.32 Å². The summed E-state index contributed by atoms with van der Waals surface area (Å²) >= 11 is 0. The van der Waals surface area contributed by atoms with E-state index in [9.17, 15) is 9.59 Å². The highest BCUT2D eigenvalue weighted by molar-refractivity contribution is 5.97. The van der Waals surface area contributed by atoms with Crippen LogP contribution >= 0.6 is 0 Å². The Labute approximate surface area is 85.4 Å². The van der Waals surface area contributed by atoms with Gasteiger partial charge in [0.05, 0.1) is 29.9 Å². The average molecular weight is 207 g/mol. The lowest BCUT2D eigenvalue weighted by Crippen LogP contribution is -2.16. The summed E-state index contributed by atoms with van der Waals surface area (Å²) in [5.41, 5.74) is 0.485. The highest BCUT2D eigenvalue weighted by atomic mass is 16.4. The van der Waals surface area contributed by atoms with Crippen LogP contribution in [0, 0.1) is 11.8 Å². The highest BCUT2D eigenvalue weighted by Crippen LogP contribution is 2.39.